The molecule has 0 N–H and O–H groups in total. The molecule has 0 spiro atoms. The Morgan fingerprint density at radius 1 is 1.33 bits per heavy atom. The minimum absolute atomic E-state index is 0.339. The first-order chi connectivity index (χ1) is 5.66. The first-order valence-corrected chi connectivity index (χ1v) is 5.06. The second-order valence-corrected chi connectivity index (χ2v) is 3.64. The number of halogens is 1. The van der Waals surface area contributed by atoms with Gasteiger partial charge in [-0.05, 0) is 33.9 Å². The summed E-state index contributed by atoms with van der Waals surface area (Å²) in [6.45, 7) is 6.98. The van der Waals surface area contributed by atoms with E-state index >= 15 is 0 Å². The van der Waals surface area contributed by atoms with Gasteiger partial charge in [-0.15, -0.1) is 11.6 Å². The van der Waals surface area contributed by atoms with Crippen molar-refractivity contribution in [3.63, 3.8) is 0 Å². The fraction of sp³-hybridized carbons (Fsp3) is 1.00. The van der Waals surface area contributed by atoms with E-state index in [4.69, 9.17) is 16.3 Å². The van der Waals surface area contributed by atoms with Gasteiger partial charge in [0.15, 0.2) is 0 Å². The Morgan fingerprint density at radius 3 is 2.50 bits per heavy atom. The summed E-state index contributed by atoms with van der Waals surface area (Å²) in [7, 11) is 2.09. The van der Waals surface area contributed by atoms with Crippen molar-refractivity contribution in [2.45, 2.75) is 26.4 Å². The highest BCUT2D eigenvalue weighted by molar-refractivity contribution is 6.17. The van der Waals surface area contributed by atoms with Gasteiger partial charge in [-0.25, -0.2) is 0 Å². The van der Waals surface area contributed by atoms with Crippen molar-refractivity contribution < 1.29 is 4.74 Å². The zero-order valence-electron chi connectivity index (χ0n) is 8.35. The molecule has 74 valence electrons. The van der Waals surface area contributed by atoms with E-state index < -0.39 is 0 Å². The van der Waals surface area contributed by atoms with Crippen molar-refractivity contribution in [3.05, 3.63) is 0 Å². The number of ether oxygens (including phenoxy) is 1. The molecule has 0 rings (SSSR count). The summed E-state index contributed by atoms with van der Waals surface area (Å²) in [4.78, 5) is 2.24. The quantitative estimate of drug-likeness (QED) is 0.574. The molecular formula is C9H20ClNO. The van der Waals surface area contributed by atoms with Crippen LogP contribution in [0.1, 0.15) is 20.3 Å². The average Bonchev–Trinajstić information content (AvgIpc) is 2.00. The van der Waals surface area contributed by atoms with Crippen molar-refractivity contribution in [2.75, 3.05) is 32.6 Å². The summed E-state index contributed by atoms with van der Waals surface area (Å²) in [5.74, 6) is 0.745. The Balaban J connectivity index is 3.13. The molecule has 0 aromatic heterocycles. The number of alkyl halides is 1. The first kappa shape index (κ1) is 12.2. The molecule has 2 nitrogen and oxygen atoms in total. The van der Waals surface area contributed by atoms with E-state index in [0.717, 1.165) is 32.0 Å². The van der Waals surface area contributed by atoms with Crippen molar-refractivity contribution in [1.82, 2.24) is 4.90 Å². The lowest BCUT2D eigenvalue weighted by atomic mass is 10.4. The Morgan fingerprint density at radius 2 is 2.00 bits per heavy atom. The van der Waals surface area contributed by atoms with Gasteiger partial charge in [0, 0.05) is 12.4 Å². The van der Waals surface area contributed by atoms with Crippen LogP contribution in [-0.4, -0.2) is 43.6 Å². The molecule has 0 unspecified atom stereocenters. The number of likely N-dealkylation sites (N-methyl/N-ethyl adjacent to an activating group) is 1. The van der Waals surface area contributed by atoms with Gasteiger partial charge in [0.1, 0.15) is 0 Å². The molecule has 0 saturated heterocycles. The average molecular weight is 194 g/mol. The third kappa shape index (κ3) is 8.31. The molecule has 0 aliphatic heterocycles. The molecule has 0 aromatic carbocycles. The smallest absolute Gasteiger partial charge is 0.0596 e. The fourth-order valence-electron chi connectivity index (χ4n) is 0.886. The van der Waals surface area contributed by atoms with Gasteiger partial charge in [0.05, 0.1) is 12.7 Å². The van der Waals surface area contributed by atoms with Crippen LogP contribution in [0.25, 0.3) is 0 Å². The molecule has 3 heteroatoms. The lowest BCUT2D eigenvalue weighted by Gasteiger charge is -2.16. The topological polar surface area (TPSA) is 12.5 Å². The molecule has 0 atom stereocenters. The highest BCUT2D eigenvalue weighted by atomic mass is 35.5. The molecule has 0 radical (unpaired) electrons. The van der Waals surface area contributed by atoms with Crippen molar-refractivity contribution in [3.8, 4) is 0 Å². The summed E-state index contributed by atoms with van der Waals surface area (Å²) in [5, 5.41) is 0. The third-order valence-electron chi connectivity index (χ3n) is 1.60. The molecule has 0 amide bonds. The van der Waals surface area contributed by atoms with Crippen LogP contribution in [0, 0.1) is 0 Å². The molecule has 0 saturated carbocycles. The Labute approximate surface area is 80.8 Å². The monoisotopic (exact) mass is 193 g/mol. The number of nitrogens with zero attached hydrogens (tertiary/aromatic N) is 1. The van der Waals surface area contributed by atoms with Gasteiger partial charge in [0.2, 0.25) is 0 Å². The van der Waals surface area contributed by atoms with E-state index in [2.05, 4.69) is 25.8 Å². The van der Waals surface area contributed by atoms with Crippen LogP contribution in [0.4, 0.5) is 0 Å². The summed E-state index contributed by atoms with van der Waals surface area (Å²) >= 11 is 5.57. The minimum Gasteiger partial charge on any atom is -0.377 e. The van der Waals surface area contributed by atoms with E-state index in [1.54, 1.807) is 0 Å². The normalized spacial score (nSPS) is 11.5. The predicted octanol–water partition coefficient (Wildman–Crippen LogP) is 1.97. The molecule has 0 aliphatic rings. The van der Waals surface area contributed by atoms with Gasteiger partial charge in [-0.3, -0.25) is 0 Å². The van der Waals surface area contributed by atoms with Crippen molar-refractivity contribution in [2.24, 2.45) is 0 Å². The second kappa shape index (κ2) is 7.84. The van der Waals surface area contributed by atoms with Crippen LogP contribution < -0.4 is 0 Å². The van der Waals surface area contributed by atoms with Gasteiger partial charge in [0.25, 0.3) is 0 Å². The SMILES string of the molecule is CC(C)OCCN(C)CCCCl. The Hall–Kier alpha value is 0.210. The third-order valence-corrected chi connectivity index (χ3v) is 1.86. The fourth-order valence-corrected chi connectivity index (χ4v) is 1.01. The zero-order chi connectivity index (χ0) is 9.40. The van der Waals surface area contributed by atoms with Crippen LogP contribution in [0.2, 0.25) is 0 Å². The number of hydrogen-bond donors (Lipinski definition) is 0. The summed E-state index contributed by atoms with van der Waals surface area (Å²) in [6.07, 6.45) is 1.39. The van der Waals surface area contributed by atoms with Crippen LogP contribution in [0.5, 0.6) is 0 Å². The predicted molar refractivity (Wildman–Crippen MR) is 53.9 cm³/mol. The zero-order valence-corrected chi connectivity index (χ0v) is 9.10. The Bertz CT molecular complexity index is 98.5. The maximum absolute atomic E-state index is 5.57. The van der Waals surface area contributed by atoms with Gasteiger partial charge in [-0.1, -0.05) is 0 Å². The maximum atomic E-state index is 5.57. The maximum Gasteiger partial charge on any atom is 0.0596 e. The van der Waals surface area contributed by atoms with E-state index in [-0.39, 0.29) is 0 Å². The minimum atomic E-state index is 0.339. The first-order valence-electron chi connectivity index (χ1n) is 4.53. The standard InChI is InChI=1S/C9H20ClNO/c1-9(2)12-8-7-11(3)6-4-5-10/h9H,4-8H2,1-3H3. The molecule has 0 aliphatic carbocycles. The lowest BCUT2D eigenvalue weighted by Crippen LogP contribution is -2.25. The number of hydrogen-bond acceptors (Lipinski definition) is 2. The van der Waals surface area contributed by atoms with Crippen LogP contribution in [0.3, 0.4) is 0 Å². The molecule has 0 bridgehead atoms. The van der Waals surface area contributed by atoms with E-state index in [1.807, 2.05) is 0 Å². The summed E-state index contributed by atoms with van der Waals surface area (Å²) < 4.78 is 5.42. The molecular weight excluding hydrogens is 174 g/mol. The van der Waals surface area contributed by atoms with Crippen molar-refractivity contribution in [1.29, 1.82) is 0 Å². The molecule has 0 fully saturated rings. The van der Waals surface area contributed by atoms with Crippen molar-refractivity contribution >= 4 is 11.6 Å². The van der Waals surface area contributed by atoms with Gasteiger partial charge >= 0.3 is 0 Å². The van der Waals surface area contributed by atoms with Crippen LogP contribution in [0.15, 0.2) is 0 Å². The lowest BCUT2D eigenvalue weighted by molar-refractivity contribution is 0.0639. The van der Waals surface area contributed by atoms with Gasteiger partial charge in [-0.2, -0.15) is 0 Å². The molecule has 0 heterocycles. The van der Waals surface area contributed by atoms with Crippen LogP contribution in [-0.2, 0) is 4.74 Å². The van der Waals surface area contributed by atoms with E-state index in [9.17, 15) is 0 Å². The summed E-state index contributed by atoms with van der Waals surface area (Å²) in [6, 6.07) is 0. The molecule has 12 heavy (non-hydrogen) atoms. The highest BCUT2D eigenvalue weighted by Crippen LogP contribution is 1.92. The number of rotatable bonds is 7. The molecule has 0 aromatic rings. The van der Waals surface area contributed by atoms with E-state index in [0.29, 0.717) is 6.10 Å². The Kier molecular flexibility index (Phi) is 7.98. The van der Waals surface area contributed by atoms with Crippen LogP contribution >= 0.6 is 11.6 Å². The summed E-state index contributed by atoms with van der Waals surface area (Å²) in [5.41, 5.74) is 0. The second-order valence-electron chi connectivity index (χ2n) is 3.27. The largest absolute Gasteiger partial charge is 0.377 e. The highest BCUT2D eigenvalue weighted by Gasteiger charge is 1.98. The van der Waals surface area contributed by atoms with Gasteiger partial charge < -0.3 is 9.64 Å². The van der Waals surface area contributed by atoms with E-state index in [1.165, 1.54) is 0 Å².